The highest BCUT2D eigenvalue weighted by Crippen LogP contribution is 2.33. The van der Waals surface area contributed by atoms with Crippen molar-refractivity contribution < 1.29 is 14.3 Å². The molecule has 0 aromatic heterocycles. The molecule has 1 aliphatic heterocycles. The van der Waals surface area contributed by atoms with E-state index in [1.165, 1.54) is 6.07 Å². The summed E-state index contributed by atoms with van der Waals surface area (Å²) >= 11 is 17.9. The number of halogens is 3. The van der Waals surface area contributed by atoms with E-state index in [9.17, 15) is 9.59 Å². The molecule has 1 aromatic rings. The van der Waals surface area contributed by atoms with Gasteiger partial charge in [0.25, 0.3) is 0 Å². The van der Waals surface area contributed by atoms with Crippen LogP contribution in [-0.2, 0) is 9.53 Å². The summed E-state index contributed by atoms with van der Waals surface area (Å²) in [6.07, 6.45) is 0. The van der Waals surface area contributed by atoms with Crippen molar-refractivity contribution in [3.8, 4) is 0 Å². The third kappa shape index (κ3) is 3.48. The fourth-order valence-electron chi connectivity index (χ4n) is 2.14. The predicted octanol–water partition coefficient (Wildman–Crippen LogP) is 3.40. The van der Waals surface area contributed by atoms with E-state index < -0.39 is 18.0 Å². The van der Waals surface area contributed by atoms with Crippen LogP contribution in [0.25, 0.3) is 0 Å². The standard InChI is InChI=1S/C14H13Cl3N2O3/c1-2-22-13(20)11-10(6-15)18-14(21)19-12(11)8-4-3-7(16)5-9(8)17/h3-5,12H,2,6H2,1H3,(H2,18,19,21)/t12-/m0/s1. The molecule has 1 heterocycles. The van der Waals surface area contributed by atoms with Crippen molar-refractivity contribution in [1.82, 2.24) is 10.6 Å². The number of rotatable bonds is 4. The van der Waals surface area contributed by atoms with Gasteiger partial charge in [-0.2, -0.15) is 0 Å². The molecule has 118 valence electrons. The Bertz CT molecular complexity index is 646. The maximum atomic E-state index is 12.2. The first-order valence-corrected chi connectivity index (χ1v) is 7.75. The van der Waals surface area contributed by atoms with E-state index in [1.807, 2.05) is 0 Å². The first-order valence-electron chi connectivity index (χ1n) is 6.46. The minimum Gasteiger partial charge on any atom is -0.463 e. The predicted molar refractivity (Wildman–Crippen MR) is 85.2 cm³/mol. The molecule has 8 heteroatoms. The van der Waals surface area contributed by atoms with E-state index in [0.717, 1.165) is 0 Å². The summed E-state index contributed by atoms with van der Waals surface area (Å²) < 4.78 is 5.05. The van der Waals surface area contributed by atoms with Crippen LogP contribution in [0.3, 0.4) is 0 Å². The van der Waals surface area contributed by atoms with Crippen molar-refractivity contribution in [2.24, 2.45) is 0 Å². The molecule has 2 N–H and O–H groups in total. The maximum absolute atomic E-state index is 12.2. The second kappa shape index (κ2) is 7.22. The van der Waals surface area contributed by atoms with Crippen molar-refractivity contribution in [2.45, 2.75) is 13.0 Å². The van der Waals surface area contributed by atoms with Gasteiger partial charge in [-0.15, -0.1) is 11.6 Å². The molecule has 0 fully saturated rings. The van der Waals surface area contributed by atoms with Gasteiger partial charge in [-0.3, -0.25) is 0 Å². The Hall–Kier alpha value is -1.43. The molecule has 1 aromatic carbocycles. The molecule has 5 nitrogen and oxygen atoms in total. The largest absolute Gasteiger partial charge is 0.463 e. The number of esters is 1. The summed E-state index contributed by atoms with van der Waals surface area (Å²) in [5.74, 6) is -0.606. The fourth-order valence-corrected chi connectivity index (χ4v) is 2.87. The lowest BCUT2D eigenvalue weighted by molar-refractivity contribution is -0.139. The molecule has 0 bridgehead atoms. The number of hydrogen-bond donors (Lipinski definition) is 2. The highest BCUT2D eigenvalue weighted by Gasteiger charge is 2.34. The Labute approximate surface area is 142 Å². The van der Waals surface area contributed by atoms with Crippen molar-refractivity contribution in [1.29, 1.82) is 0 Å². The first kappa shape index (κ1) is 16.9. The lowest BCUT2D eigenvalue weighted by atomic mass is 9.95. The number of allylic oxidation sites excluding steroid dienone is 1. The van der Waals surface area contributed by atoms with Crippen LogP contribution < -0.4 is 10.6 Å². The number of alkyl halides is 1. The average molecular weight is 364 g/mol. The third-order valence-electron chi connectivity index (χ3n) is 3.06. The quantitative estimate of drug-likeness (QED) is 0.636. The topological polar surface area (TPSA) is 67.4 Å². The zero-order chi connectivity index (χ0) is 16.3. The summed E-state index contributed by atoms with van der Waals surface area (Å²) in [6.45, 7) is 1.89. The van der Waals surface area contributed by atoms with Gasteiger partial charge in [-0.25, -0.2) is 9.59 Å². The molecule has 2 amide bonds. The number of urea groups is 1. The van der Waals surface area contributed by atoms with Crippen molar-refractivity contribution >= 4 is 46.8 Å². The lowest BCUT2D eigenvalue weighted by Gasteiger charge is -2.29. The summed E-state index contributed by atoms with van der Waals surface area (Å²) in [6, 6.07) is 3.58. The molecule has 1 aliphatic rings. The summed E-state index contributed by atoms with van der Waals surface area (Å²) in [5.41, 5.74) is 1.05. The number of carbonyl (C=O) groups excluding carboxylic acids is 2. The molecule has 1 atom stereocenters. The number of carbonyl (C=O) groups is 2. The monoisotopic (exact) mass is 362 g/mol. The van der Waals surface area contributed by atoms with Crippen LogP contribution in [0.1, 0.15) is 18.5 Å². The molecular formula is C14H13Cl3N2O3. The molecule has 0 unspecified atom stereocenters. The van der Waals surface area contributed by atoms with Gasteiger partial charge in [-0.05, 0) is 24.6 Å². The van der Waals surface area contributed by atoms with E-state index in [2.05, 4.69) is 10.6 Å². The average Bonchev–Trinajstić information content (AvgIpc) is 2.46. The molecule has 0 saturated heterocycles. The van der Waals surface area contributed by atoms with Gasteiger partial charge in [0, 0.05) is 15.7 Å². The van der Waals surface area contributed by atoms with Crippen LogP contribution in [0.4, 0.5) is 4.79 Å². The minimum absolute atomic E-state index is 0.0384. The van der Waals surface area contributed by atoms with Crippen LogP contribution in [0, 0.1) is 0 Å². The van der Waals surface area contributed by atoms with Crippen LogP contribution in [-0.4, -0.2) is 24.5 Å². The van der Waals surface area contributed by atoms with E-state index in [-0.39, 0.29) is 18.1 Å². The highest BCUT2D eigenvalue weighted by atomic mass is 35.5. The van der Waals surface area contributed by atoms with E-state index >= 15 is 0 Å². The van der Waals surface area contributed by atoms with Gasteiger partial charge in [0.15, 0.2) is 0 Å². The minimum atomic E-state index is -0.758. The number of nitrogens with one attached hydrogen (secondary N) is 2. The second-order valence-electron chi connectivity index (χ2n) is 4.44. The Morgan fingerprint density at radius 3 is 2.68 bits per heavy atom. The van der Waals surface area contributed by atoms with Crippen LogP contribution in [0.15, 0.2) is 29.5 Å². The van der Waals surface area contributed by atoms with E-state index in [1.54, 1.807) is 19.1 Å². The normalized spacial score (nSPS) is 17.8. The third-order valence-corrected chi connectivity index (χ3v) is 3.89. The van der Waals surface area contributed by atoms with Crippen LogP contribution in [0.2, 0.25) is 10.0 Å². The Morgan fingerprint density at radius 2 is 2.09 bits per heavy atom. The molecule has 0 radical (unpaired) electrons. The summed E-state index contributed by atoms with van der Waals surface area (Å²) in [4.78, 5) is 24.0. The number of hydrogen-bond acceptors (Lipinski definition) is 3. The zero-order valence-corrected chi connectivity index (χ0v) is 13.9. The molecular weight excluding hydrogens is 351 g/mol. The first-order chi connectivity index (χ1) is 10.5. The van der Waals surface area contributed by atoms with Crippen molar-refractivity contribution in [3.63, 3.8) is 0 Å². The van der Waals surface area contributed by atoms with Gasteiger partial charge in [0.2, 0.25) is 0 Å². The SMILES string of the molecule is CCOC(=O)C1=C(CCl)NC(=O)N[C@H]1c1ccc(Cl)cc1Cl. The van der Waals surface area contributed by atoms with Gasteiger partial charge >= 0.3 is 12.0 Å². The molecule has 22 heavy (non-hydrogen) atoms. The molecule has 2 rings (SSSR count). The number of benzene rings is 1. The van der Waals surface area contributed by atoms with Gasteiger partial charge < -0.3 is 15.4 Å². The van der Waals surface area contributed by atoms with E-state index in [0.29, 0.717) is 21.3 Å². The van der Waals surface area contributed by atoms with Gasteiger partial charge in [0.05, 0.1) is 24.1 Å². The highest BCUT2D eigenvalue weighted by molar-refractivity contribution is 6.35. The van der Waals surface area contributed by atoms with Crippen molar-refractivity contribution in [3.05, 3.63) is 45.1 Å². The number of ether oxygens (including phenoxy) is 1. The molecule has 0 aliphatic carbocycles. The Kier molecular flexibility index (Phi) is 5.56. The Morgan fingerprint density at radius 1 is 1.36 bits per heavy atom. The maximum Gasteiger partial charge on any atom is 0.338 e. The molecule has 0 spiro atoms. The van der Waals surface area contributed by atoms with Crippen molar-refractivity contribution in [2.75, 3.05) is 12.5 Å². The smallest absolute Gasteiger partial charge is 0.338 e. The zero-order valence-electron chi connectivity index (χ0n) is 11.6. The summed E-state index contributed by atoms with van der Waals surface area (Å²) in [7, 11) is 0. The summed E-state index contributed by atoms with van der Waals surface area (Å²) in [5, 5.41) is 5.95. The number of amides is 2. The second-order valence-corrected chi connectivity index (χ2v) is 5.55. The molecule has 0 saturated carbocycles. The fraction of sp³-hybridized carbons (Fsp3) is 0.286. The van der Waals surface area contributed by atoms with Crippen LogP contribution in [0.5, 0.6) is 0 Å². The van der Waals surface area contributed by atoms with Gasteiger partial charge in [-0.1, -0.05) is 29.3 Å². The Balaban J connectivity index is 2.54. The lowest BCUT2D eigenvalue weighted by Crippen LogP contribution is -2.46. The van der Waals surface area contributed by atoms with E-state index in [4.69, 9.17) is 39.5 Å². The van der Waals surface area contributed by atoms with Crippen LogP contribution >= 0.6 is 34.8 Å². The van der Waals surface area contributed by atoms with Gasteiger partial charge in [0.1, 0.15) is 0 Å².